The van der Waals surface area contributed by atoms with E-state index in [9.17, 15) is 5.11 Å². The van der Waals surface area contributed by atoms with Gasteiger partial charge in [0.2, 0.25) is 0 Å². The van der Waals surface area contributed by atoms with Crippen LogP contribution in [-0.2, 0) is 0 Å². The topological polar surface area (TPSA) is 23.5 Å². The molecule has 0 heterocycles. The zero-order valence-electron chi connectivity index (χ0n) is 12.2. The van der Waals surface area contributed by atoms with Crippen LogP contribution in [-0.4, -0.2) is 34.7 Å². The Morgan fingerprint density at radius 1 is 1.12 bits per heavy atom. The molecule has 0 amide bonds. The van der Waals surface area contributed by atoms with E-state index in [0.29, 0.717) is 12.0 Å². The lowest BCUT2D eigenvalue weighted by Crippen LogP contribution is -2.47. The number of rotatable bonds is 7. The summed E-state index contributed by atoms with van der Waals surface area (Å²) in [6.45, 7) is 11.1. The molecule has 0 saturated heterocycles. The lowest BCUT2D eigenvalue weighted by Gasteiger charge is -2.37. The zero-order chi connectivity index (χ0) is 12.9. The Bertz CT molecular complexity index is 205. The molecule has 1 fully saturated rings. The summed E-state index contributed by atoms with van der Waals surface area (Å²) in [6.07, 6.45) is 6.80. The fourth-order valence-corrected chi connectivity index (χ4v) is 3.19. The highest BCUT2D eigenvalue weighted by Gasteiger charge is 2.34. The van der Waals surface area contributed by atoms with E-state index in [0.717, 1.165) is 25.9 Å². The summed E-state index contributed by atoms with van der Waals surface area (Å²) in [5.74, 6) is 0.681. The molecule has 17 heavy (non-hydrogen) atoms. The van der Waals surface area contributed by atoms with Crippen molar-refractivity contribution in [1.29, 1.82) is 0 Å². The number of hydrogen-bond acceptors (Lipinski definition) is 2. The molecule has 102 valence electrons. The van der Waals surface area contributed by atoms with E-state index in [1.807, 2.05) is 0 Å². The Balaban J connectivity index is 2.61. The summed E-state index contributed by atoms with van der Waals surface area (Å²) in [5.41, 5.74) is -0.391. The van der Waals surface area contributed by atoms with E-state index < -0.39 is 5.60 Å². The van der Waals surface area contributed by atoms with Crippen LogP contribution in [0.4, 0.5) is 0 Å². The maximum absolute atomic E-state index is 10.6. The van der Waals surface area contributed by atoms with Crippen molar-refractivity contribution in [2.45, 2.75) is 77.9 Å². The fraction of sp³-hybridized carbons (Fsp3) is 1.00. The zero-order valence-corrected chi connectivity index (χ0v) is 12.2. The van der Waals surface area contributed by atoms with Crippen molar-refractivity contribution in [1.82, 2.24) is 4.90 Å². The number of nitrogens with zero attached hydrogens (tertiary/aromatic N) is 1. The van der Waals surface area contributed by atoms with Gasteiger partial charge in [-0.15, -0.1) is 0 Å². The average Bonchev–Trinajstić information content (AvgIpc) is 2.65. The summed E-state index contributed by atoms with van der Waals surface area (Å²) >= 11 is 0. The van der Waals surface area contributed by atoms with Crippen LogP contribution >= 0.6 is 0 Å². The number of hydrogen-bond donors (Lipinski definition) is 1. The third-order valence-corrected chi connectivity index (χ3v) is 4.09. The summed E-state index contributed by atoms with van der Waals surface area (Å²) < 4.78 is 0. The standard InChI is InChI=1S/C15H31NO/c1-5-14(6-2)16(11-13(3)4)12-15(17)9-7-8-10-15/h13-14,17H,5-12H2,1-4H3. The van der Waals surface area contributed by atoms with E-state index in [2.05, 4.69) is 32.6 Å². The first-order valence-corrected chi connectivity index (χ1v) is 7.47. The first-order valence-electron chi connectivity index (χ1n) is 7.47. The molecular weight excluding hydrogens is 210 g/mol. The fourth-order valence-electron chi connectivity index (χ4n) is 3.19. The van der Waals surface area contributed by atoms with Gasteiger partial charge in [0.05, 0.1) is 5.60 Å². The maximum atomic E-state index is 10.6. The molecular formula is C15H31NO. The van der Waals surface area contributed by atoms with Crippen molar-refractivity contribution in [2.75, 3.05) is 13.1 Å². The SMILES string of the molecule is CCC(CC)N(CC(C)C)CC1(O)CCCC1. The van der Waals surface area contributed by atoms with E-state index in [1.54, 1.807) is 0 Å². The van der Waals surface area contributed by atoms with Crippen LogP contribution in [0, 0.1) is 5.92 Å². The van der Waals surface area contributed by atoms with Gasteiger partial charge >= 0.3 is 0 Å². The highest BCUT2D eigenvalue weighted by atomic mass is 16.3. The molecule has 0 aromatic heterocycles. The molecule has 0 spiro atoms. The van der Waals surface area contributed by atoms with E-state index >= 15 is 0 Å². The van der Waals surface area contributed by atoms with Gasteiger partial charge in [-0.3, -0.25) is 4.90 Å². The third kappa shape index (κ3) is 4.59. The van der Waals surface area contributed by atoms with Gasteiger partial charge in [0.25, 0.3) is 0 Å². The molecule has 2 nitrogen and oxygen atoms in total. The van der Waals surface area contributed by atoms with Gasteiger partial charge in [-0.25, -0.2) is 0 Å². The summed E-state index contributed by atoms with van der Waals surface area (Å²) in [5, 5.41) is 10.6. The van der Waals surface area contributed by atoms with E-state index in [-0.39, 0.29) is 0 Å². The van der Waals surface area contributed by atoms with Crippen molar-refractivity contribution in [3.05, 3.63) is 0 Å². The van der Waals surface area contributed by atoms with Gasteiger partial charge in [-0.05, 0) is 31.6 Å². The van der Waals surface area contributed by atoms with Crippen LogP contribution in [0.25, 0.3) is 0 Å². The van der Waals surface area contributed by atoms with Crippen LogP contribution in [0.5, 0.6) is 0 Å². The first-order chi connectivity index (χ1) is 8.00. The number of aliphatic hydroxyl groups is 1. The van der Waals surface area contributed by atoms with E-state index in [4.69, 9.17) is 0 Å². The lowest BCUT2D eigenvalue weighted by molar-refractivity contribution is -0.00841. The summed E-state index contributed by atoms with van der Waals surface area (Å²) in [7, 11) is 0. The van der Waals surface area contributed by atoms with Crippen LogP contribution < -0.4 is 0 Å². The van der Waals surface area contributed by atoms with Gasteiger partial charge in [-0.1, -0.05) is 40.5 Å². The second kappa shape index (κ2) is 6.75. The minimum absolute atomic E-state index is 0.391. The highest BCUT2D eigenvalue weighted by Crippen LogP contribution is 2.31. The Hall–Kier alpha value is -0.0800. The van der Waals surface area contributed by atoms with Crippen LogP contribution in [0.1, 0.15) is 66.2 Å². The summed E-state index contributed by atoms with van der Waals surface area (Å²) in [4.78, 5) is 2.54. The molecule has 0 unspecified atom stereocenters. The monoisotopic (exact) mass is 241 g/mol. The van der Waals surface area contributed by atoms with Gasteiger partial charge in [0.15, 0.2) is 0 Å². The van der Waals surface area contributed by atoms with Gasteiger partial charge in [0, 0.05) is 19.1 Å². The van der Waals surface area contributed by atoms with Crippen molar-refractivity contribution in [3.8, 4) is 0 Å². The molecule has 1 aliphatic rings. The Kier molecular flexibility index (Phi) is 5.94. The average molecular weight is 241 g/mol. The second-order valence-electron chi connectivity index (χ2n) is 6.23. The van der Waals surface area contributed by atoms with Crippen LogP contribution in [0.2, 0.25) is 0 Å². The second-order valence-corrected chi connectivity index (χ2v) is 6.23. The molecule has 0 atom stereocenters. The molecule has 0 radical (unpaired) electrons. The molecule has 2 heteroatoms. The minimum Gasteiger partial charge on any atom is -0.389 e. The minimum atomic E-state index is -0.391. The van der Waals surface area contributed by atoms with Crippen LogP contribution in [0.3, 0.4) is 0 Å². The molecule has 1 rings (SSSR count). The van der Waals surface area contributed by atoms with Gasteiger partial charge in [-0.2, -0.15) is 0 Å². The van der Waals surface area contributed by atoms with E-state index in [1.165, 1.54) is 25.7 Å². The van der Waals surface area contributed by atoms with Crippen molar-refractivity contribution in [2.24, 2.45) is 5.92 Å². The Morgan fingerprint density at radius 2 is 1.65 bits per heavy atom. The maximum Gasteiger partial charge on any atom is 0.0774 e. The predicted molar refractivity (Wildman–Crippen MR) is 74.2 cm³/mol. The Labute approximate surface area is 107 Å². The van der Waals surface area contributed by atoms with Crippen molar-refractivity contribution in [3.63, 3.8) is 0 Å². The molecule has 0 aliphatic heterocycles. The predicted octanol–water partition coefficient (Wildman–Crippen LogP) is 3.44. The van der Waals surface area contributed by atoms with Crippen LogP contribution in [0.15, 0.2) is 0 Å². The third-order valence-electron chi connectivity index (χ3n) is 4.09. The first kappa shape index (κ1) is 15.0. The largest absolute Gasteiger partial charge is 0.389 e. The molecule has 1 N–H and O–H groups in total. The molecule has 0 aromatic rings. The highest BCUT2D eigenvalue weighted by molar-refractivity contribution is 4.89. The smallest absolute Gasteiger partial charge is 0.0774 e. The molecule has 0 aromatic carbocycles. The normalized spacial score (nSPS) is 19.8. The van der Waals surface area contributed by atoms with Gasteiger partial charge in [0.1, 0.15) is 0 Å². The molecule has 0 bridgehead atoms. The van der Waals surface area contributed by atoms with Gasteiger partial charge < -0.3 is 5.11 Å². The molecule has 1 saturated carbocycles. The lowest BCUT2D eigenvalue weighted by atomic mass is 9.98. The molecule has 1 aliphatic carbocycles. The summed E-state index contributed by atoms with van der Waals surface area (Å²) in [6, 6.07) is 0.641. The quantitative estimate of drug-likeness (QED) is 0.738. The van der Waals surface area contributed by atoms with Crippen molar-refractivity contribution >= 4 is 0 Å². The van der Waals surface area contributed by atoms with Crippen molar-refractivity contribution < 1.29 is 5.11 Å². The Morgan fingerprint density at radius 3 is 2.06 bits per heavy atom.